The van der Waals surface area contributed by atoms with Crippen molar-refractivity contribution in [3.63, 3.8) is 0 Å². The second-order valence-electron chi connectivity index (χ2n) is 7.81. The van der Waals surface area contributed by atoms with Crippen LogP contribution in [0.15, 0.2) is 0 Å². The summed E-state index contributed by atoms with van der Waals surface area (Å²) in [5.41, 5.74) is 6.03. The van der Waals surface area contributed by atoms with E-state index in [1.807, 2.05) is 0 Å². The molecule has 2 N–H and O–H groups in total. The molecule has 0 heterocycles. The van der Waals surface area contributed by atoms with Crippen LogP contribution in [0.1, 0.15) is 66.2 Å². The molecular weight excluding hydrogens is 250 g/mol. The van der Waals surface area contributed by atoms with Crippen LogP contribution in [0.2, 0.25) is 0 Å². The van der Waals surface area contributed by atoms with Crippen LogP contribution >= 0.6 is 0 Å². The highest BCUT2D eigenvalue weighted by atomic mass is 16.5. The molecule has 116 valence electrons. The van der Waals surface area contributed by atoms with Gasteiger partial charge in [0.1, 0.15) is 6.10 Å². The van der Waals surface area contributed by atoms with Crippen molar-refractivity contribution in [3.8, 4) is 0 Å². The topological polar surface area (TPSA) is 52.3 Å². The lowest BCUT2D eigenvalue weighted by Gasteiger charge is -2.38. The summed E-state index contributed by atoms with van der Waals surface area (Å²) in [5, 5.41) is 0. The minimum Gasteiger partial charge on any atom is -0.462 e. The Morgan fingerprint density at radius 1 is 1.35 bits per heavy atom. The maximum atomic E-state index is 12.1. The molecule has 0 spiro atoms. The Balaban J connectivity index is 1.84. The Morgan fingerprint density at radius 3 is 2.55 bits per heavy atom. The third-order valence-electron chi connectivity index (χ3n) is 6.49. The standard InChI is InChI=1S/C17H31NO2/c1-12(8-10-18)5-6-15(19)20-14-11-13-7-9-17(14,4)16(13,2)3/h12-14H,5-11,18H2,1-4H3. The molecule has 4 unspecified atom stereocenters. The zero-order valence-electron chi connectivity index (χ0n) is 13.6. The summed E-state index contributed by atoms with van der Waals surface area (Å²) in [6.45, 7) is 9.87. The van der Waals surface area contributed by atoms with Gasteiger partial charge < -0.3 is 10.5 Å². The molecule has 0 radical (unpaired) electrons. The van der Waals surface area contributed by atoms with Crippen molar-refractivity contribution >= 4 is 5.97 Å². The van der Waals surface area contributed by atoms with E-state index in [-0.39, 0.29) is 17.5 Å². The van der Waals surface area contributed by atoms with E-state index in [1.54, 1.807) is 0 Å². The Bertz CT molecular complexity index is 366. The Morgan fingerprint density at radius 2 is 2.05 bits per heavy atom. The average molecular weight is 281 g/mol. The fraction of sp³-hybridized carbons (Fsp3) is 0.941. The maximum Gasteiger partial charge on any atom is 0.306 e. The second kappa shape index (κ2) is 5.67. The monoisotopic (exact) mass is 281 g/mol. The number of hydrogen-bond acceptors (Lipinski definition) is 3. The van der Waals surface area contributed by atoms with E-state index < -0.39 is 0 Å². The van der Waals surface area contributed by atoms with Crippen molar-refractivity contribution in [2.24, 2.45) is 28.4 Å². The molecule has 2 fully saturated rings. The number of fused-ring (bicyclic) bond motifs is 2. The van der Waals surface area contributed by atoms with E-state index in [0.29, 0.717) is 24.3 Å². The van der Waals surface area contributed by atoms with Crippen LogP contribution in [0.3, 0.4) is 0 Å². The molecule has 0 aromatic rings. The third-order valence-corrected chi connectivity index (χ3v) is 6.49. The first-order valence-corrected chi connectivity index (χ1v) is 8.21. The van der Waals surface area contributed by atoms with Crippen molar-refractivity contribution in [1.82, 2.24) is 0 Å². The first-order chi connectivity index (χ1) is 9.31. The van der Waals surface area contributed by atoms with Crippen LogP contribution in [-0.2, 0) is 9.53 Å². The summed E-state index contributed by atoms with van der Waals surface area (Å²) < 4.78 is 5.84. The largest absolute Gasteiger partial charge is 0.462 e. The number of esters is 1. The number of rotatable bonds is 6. The van der Waals surface area contributed by atoms with E-state index in [2.05, 4.69) is 27.7 Å². The number of carbonyl (C=O) groups excluding carboxylic acids is 1. The smallest absolute Gasteiger partial charge is 0.306 e. The van der Waals surface area contributed by atoms with Crippen molar-refractivity contribution in [3.05, 3.63) is 0 Å². The summed E-state index contributed by atoms with van der Waals surface area (Å²) in [6.07, 6.45) is 6.12. The lowest BCUT2D eigenvalue weighted by molar-refractivity contribution is -0.157. The highest BCUT2D eigenvalue weighted by Crippen LogP contribution is 2.66. The molecule has 0 aliphatic heterocycles. The predicted molar refractivity (Wildman–Crippen MR) is 81.2 cm³/mol. The van der Waals surface area contributed by atoms with E-state index in [0.717, 1.165) is 25.2 Å². The van der Waals surface area contributed by atoms with Gasteiger partial charge in [-0.2, -0.15) is 0 Å². The van der Waals surface area contributed by atoms with E-state index >= 15 is 0 Å². The molecule has 2 rings (SSSR count). The van der Waals surface area contributed by atoms with Crippen LogP contribution in [0, 0.1) is 22.7 Å². The number of hydrogen-bond donors (Lipinski definition) is 1. The molecule has 20 heavy (non-hydrogen) atoms. The Kier molecular flexibility index (Phi) is 4.48. The average Bonchev–Trinajstić information content (AvgIpc) is 2.70. The number of carbonyl (C=O) groups is 1. The minimum absolute atomic E-state index is 0.0107. The number of ether oxygens (including phenoxy) is 1. The zero-order chi connectivity index (χ0) is 15.0. The highest BCUT2D eigenvalue weighted by Gasteiger charge is 2.62. The molecule has 3 heteroatoms. The van der Waals surface area contributed by atoms with Gasteiger partial charge in [0.2, 0.25) is 0 Å². The Labute approximate surface area is 123 Å². The molecule has 4 atom stereocenters. The van der Waals surface area contributed by atoms with Gasteiger partial charge in [0.15, 0.2) is 0 Å². The molecule has 2 aliphatic rings. The lowest BCUT2D eigenvalue weighted by atomic mass is 9.70. The van der Waals surface area contributed by atoms with Gasteiger partial charge >= 0.3 is 5.97 Å². The van der Waals surface area contributed by atoms with Gasteiger partial charge in [0.25, 0.3) is 0 Å². The summed E-state index contributed by atoms with van der Waals surface area (Å²) in [5.74, 6) is 1.23. The van der Waals surface area contributed by atoms with Crippen LogP contribution in [0.5, 0.6) is 0 Å². The second-order valence-corrected chi connectivity index (χ2v) is 7.81. The van der Waals surface area contributed by atoms with E-state index in [4.69, 9.17) is 10.5 Å². The first kappa shape index (κ1) is 15.8. The van der Waals surface area contributed by atoms with Gasteiger partial charge in [-0.25, -0.2) is 0 Å². The van der Waals surface area contributed by atoms with Crippen molar-refractivity contribution in [2.45, 2.75) is 72.3 Å². The van der Waals surface area contributed by atoms with Crippen LogP contribution in [0.25, 0.3) is 0 Å². The van der Waals surface area contributed by atoms with Gasteiger partial charge in [-0.1, -0.05) is 27.7 Å². The molecular formula is C17H31NO2. The fourth-order valence-corrected chi connectivity index (χ4v) is 4.32. The summed E-state index contributed by atoms with van der Waals surface area (Å²) in [7, 11) is 0. The predicted octanol–water partition coefficient (Wildman–Crippen LogP) is 3.51. The number of nitrogens with two attached hydrogens (primary N) is 1. The van der Waals surface area contributed by atoms with Crippen molar-refractivity contribution < 1.29 is 9.53 Å². The molecule has 0 saturated heterocycles. The molecule has 0 amide bonds. The molecule has 2 aliphatic carbocycles. The van der Waals surface area contributed by atoms with Gasteiger partial charge in [0.05, 0.1) is 0 Å². The van der Waals surface area contributed by atoms with Gasteiger partial charge in [0, 0.05) is 11.8 Å². The van der Waals surface area contributed by atoms with Crippen LogP contribution in [-0.4, -0.2) is 18.6 Å². The summed E-state index contributed by atoms with van der Waals surface area (Å²) in [6, 6.07) is 0. The maximum absolute atomic E-state index is 12.1. The van der Waals surface area contributed by atoms with Crippen molar-refractivity contribution in [1.29, 1.82) is 0 Å². The van der Waals surface area contributed by atoms with Crippen molar-refractivity contribution in [2.75, 3.05) is 6.54 Å². The molecule has 2 saturated carbocycles. The van der Waals surface area contributed by atoms with E-state index in [1.165, 1.54) is 12.8 Å². The van der Waals surface area contributed by atoms with E-state index in [9.17, 15) is 4.79 Å². The highest BCUT2D eigenvalue weighted by molar-refractivity contribution is 5.69. The fourth-order valence-electron chi connectivity index (χ4n) is 4.32. The zero-order valence-corrected chi connectivity index (χ0v) is 13.6. The first-order valence-electron chi connectivity index (χ1n) is 8.21. The summed E-state index contributed by atoms with van der Waals surface area (Å²) >= 11 is 0. The third kappa shape index (κ3) is 2.61. The SMILES string of the molecule is CC(CCN)CCC(=O)OC1CC2CCC1(C)C2(C)C. The molecule has 0 aromatic heterocycles. The molecule has 0 aromatic carbocycles. The van der Waals surface area contributed by atoms with Gasteiger partial charge in [-0.15, -0.1) is 0 Å². The minimum atomic E-state index is -0.0107. The summed E-state index contributed by atoms with van der Waals surface area (Å²) in [4.78, 5) is 12.1. The molecule has 3 nitrogen and oxygen atoms in total. The normalized spacial score (nSPS) is 36.0. The van der Waals surface area contributed by atoms with Gasteiger partial charge in [-0.05, 0) is 55.9 Å². The van der Waals surface area contributed by atoms with Gasteiger partial charge in [-0.3, -0.25) is 4.79 Å². The van der Waals surface area contributed by atoms with Crippen LogP contribution < -0.4 is 5.73 Å². The lowest BCUT2D eigenvalue weighted by Crippen LogP contribution is -2.38. The quantitative estimate of drug-likeness (QED) is 0.758. The Hall–Kier alpha value is -0.570. The molecule has 2 bridgehead atoms. The van der Waals surface area contributed by atoms with Crippen LogP contribution in [0.4, 0.5) is 0 Å².